The van der Waals surface area contributed by atoms with Crippen LogP contribution in [0.5, 0.6) is 0 Å². The van der Waals surface area contributed by atoms with Crippen LogP contribution in [0.4, 0.5) is 11.4 Å². The Hall–Kier alpha value is -5.82. The first kappa shape index (κ1) is 17.6. The molecule has 0 unspecified atom stereocenters. The molecule has 30 heavy (non-hydrogen) atoms. The molecule has 3 aromatic rings. The smallest absolute Gasteiger partial charge is 0.177 e. The van der Waals surface area contributed by atoms with Crippen LogP contribution in [0.1, 0.15) is 22.8 Å². The minimum absolute atomic E-state index is 0.0276. The van der Waals surface area contributed by atoms with Crippen LogP contribution in [0.2, 0.25) is 0 Å². The Bertz CT molecular complexity index is 1480. The largest absolute Gasteiger partial charge is 0.341 e. The standard InChI is InChI=1S/C18H2N12/c19-1-7-8(2-20)26-14-13(25-7)15-17(29-10(4-22)9(3-21)27-15)18-16(14)28-11(5-23)12(6-24)30-18/h25-26H. The van der Waals surface area contributed by atoms with Gasteiger partial charge in [-0.15, -0.1) is 0 Å². The first-order valence-electron chi connectivity index (χ1n) is 7.88. The van der Waals surface area contributed by atoms with Crippen molar-refractivity contribution in [3.63, 3.8) is 0 Å². The van der Waals surface area contributed by atoms with Crippen LogP contribution in [-0.2, 0) is 0 Å². The minimum atomic E-state index is -0.270. The molecule has 0 spiro atoms. The van der Waals surface area contributed by atoms with E-state index < -0.39 is 0 Å². The highest BCUT2D eigenvalue weighted by Crippen LogP contribution is 2.41. The third-order valence-corrected chi connectivity index (χ3v) is 4.14. The van der Waals surface area contributed by atoms with Gasteiger partial charge in [0.15, 0.2) is 34.2 Å². The monoisotopic (exact) mass is 386 g/mol. The maximum Gasteiger partial charge on any atom is 0.177 e. The number of aromatic nitrogens is 4. The summed E-state index contributed by atoms with van der Waals surface area (Å²) in [6.45, 7) is 0. The lowest BCUT2D eigenvalue weighted by Crippen LogP contribution is -2.17. The summed E-state index contributed by atoms with van der Waals surface area (Å²) in [5.41, 5.74) is -0.792. The second-order valence-electron chi connectivity index (χ2n) is 5.66. The molecule has 0 fully saturated rings. The fourth-order valence-corrected chi connectivity index (χ4v) is 2.88. The molecule has 1 aliphatic rings. The highest BCUT2D eigenvalue weighted by Gasteiger charge is 2.27. The lowest BCUT2D eigenvalue weighted by atomic mass is 10.1. The lowest BCUT2D eigenvalue weighted by molar-refractivity contribution is 1.17. The van der Waals surface area contributed by atoms with Gasteiger partial charge >= 0.3 is 0 Å². The number of rotatable bonds is 0. The summed E-state index contributed by atoms with van der Waals surface area (Å²) >= 11 is 0. The van der Waals surface area contributed by atoms with Crippen molar-refractivity contribution in [1.29, 1.82) is 31.6 Å². The van der Waals surface area contributed by atoms with Crippen LogP contribution in [0, 0.1) is 68.0 Å². The first-order valence-corrected chi connectivity index (χ1v) is 7.88. The maximum atomic E-state index is 9.34. The molecule has 0 saturated carbocycles. The number of fused-ring (bicyclic) bond motifs is 6. The van der Waals surface area contributed by atoms with Crippen molar-refractivity contribution in [3.8, 4) is 36.4 Å². The highest BCUT2D eigenvalue weighted by molar-refractivity contribution is 6.16. The summed E-state index contributed by atoms with van der Waals surface area (Å²) in [6, 6.07) is 10.8. The molecule has 2 aromatic heterocycles. The number of nitrogens with zero attached hydrogens (tertiary/aromatic N) is 10. The van der Waals surface area contributed by atoms with Crippen molar-refractivity contribution in [1.82, 2.24) is 19.9 Å². The van der Waals surface area contributed by atoms with Crippen molar-refractivity contribution in [2.75, 3.05) is 10.6 Å². The van der Waals surface area contributed by atoms with Gasteiger partial charge in [-0.25, -0.2) is 19.9 Å². The first-order chi connectivity index (χ1) is 14.6. The van der Waals surface area contributed by atoms with Crippen molar-refractivity contribution in [3.05, 3.63) is 34.2 Å². The predicted molar refractivity (Wildman–Crippen MR) is 97.0 cm³/mol. The van der Waals surface area contributed by atoms with Gasteiger partial charge in [-0.3, -0.25) is 0 Å². The van der Waals surface area contributed by atoms with E-state index in [0.29, 0.717) is 0 Å². The third kappa shape index (κ3) is 2.27. The average molecular weight is 386 g/mol. The van der Waals surface area contributed by atoms with E-state index >= 15 is 0 Å². The average Bonchev–Trinajstić information content (AvgIpc) is 2.81. The number of nitriles is 6. The van der Waals surface area contributed by atoms with Crippen molar-refractivity contribution < 1.29 is 0 Å². The van der Waals surface area contributed by atoms with E-state index in [4.69, 9.17) is 0 Å². The second kappa shape index (κ2) is 6.41. The summed E-state index contributed by atoms with van der Waals surface area (Å²) in [7, 11) is 0. The van der Waals surface area contributed by atoms with E-state index in [1.807, 2.05) is 12.1 Å². The SMILES string of the molecule is N#CC1=C(C#N)Nc2c(c3nc(C#N)c(C#N)nc3c3nc(C#N)c(C#N)nc23)N1. The summed E-state index contributed by atoms with van der Waals surface area (Å²) in [6.07, 6.45) is 0. The van der Waals surface area contributed by atoms with Crippen LogP contribution < -0.4 is 10.6 Å². The zero-order valence-corrected chi connectivity index (χ0v) is 14.5. The van der Waals surface area contributed by atoms with Gasteiger partial charge in [-0.2, -0.15) is 31.6 Å². The molecule has 2 N–H and O–H groups in total. The molecule has 4 rings (SSSR count). The zero-order valence-electron chi connectivity index (χ0n) is 14.5. The maximum absolute atomic E-state index is 9.34. The van der Waals surface area contributed by atoms with E-state index in [1.54, 1.807) is 24.3 Å². The molecule has 0 aliphatic carbocycles. The van der Waals surface area contributed by atoms with Gasteiger partial charge in [0, 0.05) is 0 Å². The van der Waals surface area contributed by atoms with Crippen LogP contribution in [0.15, 0.2) is 11.4 Å². The van der Waals surface area contributed by atoms with Crippen LogP contribution in [-0.4, -0.2) is 19.9 Å². The van der Waals surface area contributed by atoms with Gasteiger partial charge in [0.2, 0.25) is 0 Å². The molecular weight excluding hydrogens is 384 g/mol. The van der Waals surface area contributed by atoms with Crippen LogP contribution >= 0.6 is 0 Å². The Morgan fingerprint density at radius 3 is 1.00 bits per heavy atom. The van der Waals surface area contributed by atoms with E-state index in [1.165, 1.54) is 0 Å². The zero-order chi connectivity index (χ0) is 21.4. The molecule has 0 saturated heterocycles. The van der Waals surface area contributed by atoms with Gasteiger partial charge in [0.1, 0.15) is 58.5 Å². The van der Waals surface area contributed by atoms with Crippen molar-refractivity contribution in [2.24, 2.45) is 0 Å². The quantitative estimate of drug-likeness (QED) is 0.520. The minimum Gasteiger partial charge on any atom is -0.341 e. The fraction of sp³-hybridized carbons (Fsp3) is 0. The topological polar surface area (TPSA) is 218 Å². The molecule has 0 radical (unpaired) electrons. The van der Waals surface area contributed by atoms with E-state index in [-0.39, 0.29) is 67.6 Å². The van der Waals surface area contributed by atoms with Crippen molar-refractivity contribution >= 4 is 33.4 Å². The summed E-state index contributed by atoms with van der Waals surface area (Å²) in [4.78, 5) is 16.6. The molecule has 1 aliphatic heterocycles. The Balaban J connectivity index is 2.27. The van der Waals surface area contributed by atoms with Crippen LogP contribution in [0.25, 0.3) is 22.1 Å². The molecule has 1 aromatic carbocycles. The Kier molecular flexibility index (Phi) is 3.76. The predicted octanol–water partition coefficient (Wildman–Crippen LogP) is 1.16. The molecule has 12 nitrogen and oxygen atoms in total. The third-order valence-electron chi connectivity index (χ3n) is 4.14. The Morgan fingerprint density at radius 2 is 0.733 bits per heavy atom. The number of hydrogen-bond acceptors (Lipinski definition) is 12. The van der Waals surface area contributed by atoms with Crippen LogP contribution in [0.3, 0.4) is 0 Å². The number of allylic oxidation sites excluding steroid dienone is 2. The lowest BCUT2D eigenvalue weighted by Gasteiger charge is -2.22. The Morgan fingerprint density at radius 1 is 0.433 bits per heavy atom. The second-order valence-corrected chi connectivity index (χ2v) is 5.66. The summed E-state index contributed by atoms with van der Waals surface area (Å²) < 4.78 is 0. The summed E-state index contributed by atoms with van der Waals surface area (Å²) in [5, 5.41) is 61.4. The number of benzene rings is 1. The van der Waals surface area contributed by atoms with E-state index in [9.17, 15) is 31.6 Å². The fourth-order valence-electron chi connectivity index (χ4n) is 2.88. The van der Waals surface area contributed by atoms with Gasteiger partial charge in [0.25, 0.3) is 0 Å². The summed E-state index contributed by atoms with van der Waals surface area (Å²) in [5.74, 6) is 0. The normalized spacial score (nSPS) is 11.5. The molecule has 0 bridgehead atoms. The van der Waals surface area contributed by atoms with E-state index in [0.717, 1.165) is 0 Å². The van der Waals surface area contributed by atoms with Gasteiger partial charge in [0.05, 0.1) is 11.4 Å². The molecule has 3 heterocycles. The van der Waals surface area contributed by atoms with Crippen molar-refractivity contribution in [2.45, 2.75) is 0 Å². The molecule has 12 heteroatoms. The van der Waals surface area contributed by atoms with Gasteiger partial charge < -0.3 is 10.6 Å². The van der Waals surface area contributed by atoms with Gasteiger partial charge in [-0.05, 0) is 0 Å². The number of nitrogens with one attached hydrogen (secondary N) is 2. The Labute approximate surface area is 166 Å². The molecule has 0 atom stereocenters. The highest BCUT2D eigenvalue weighted by atomic mass is 15.1. The van der Waals surface area contributed by atoms with E-state index in [2.05, 4.69) is 30.6 Å². The molecule has 0 amide bonds. The van der Waals surface area contributed by atoms with Gasteiger partial charge in [-0.1, -0.05) is 0 Å². The number of hydrogen-bond donors (Lipinski definition) is 2. The molecule has 134 valence electrons. The number of anilines is 2. The molecular formula is C18H2N12.